The van der Waals surface area contributed by atoms with Crippen LogP contribution in [0.5, 0.6) is 0 Å². The Bertz CT molecular complexity index is 610. The third-order valence-corrected chi connectivity index (χ3v) is 5.22. The molecule has 5 heteroatoms. The Morgan fingerprint density at radius 2 is 2.16 bits per heavy atom. The summed E-state index contributed by atoms with van der Waals surface area (Å²) in [5, 5.41) is 11.0. The van der Waals surface area contributed by atoms with Crippen molar-refractivity contribution in [1.82, 2.24) is 9.97 Å². The minimum absolute atomic E-state index is 0.182. The minimum Gasteiger partial charge on any atom is -0.393 e. The first-order valence-corrected chi connectivity index (χ1v) is 7.53. The van der Waals surface area contributed by atoms with E-state index in [2.05, 4.69) is 35.6 Å². The van der Waals surface area contributed by atoms with Crippen LogP contribution in [0.4, 0.5) is 5.82 Å². The molecule has 2 unspecified atom stereocenters. The second kappa shape index (κ2) is 4.72. The first kappa shape index (κ1) is 12.8. The summed E-state index contributed by atoms with van der Waals surface area (Å²) in [5.41, 5.74) is 1.29. The lowest BCUT2D eigenvalue weighted by Crippen LogP contribution is -2.42. The Labute approximate surface area is 117 Å². The molecule has 2 aromatic heterocycles. The van der Waals surface area contributed by atoms with Gasteiger partial charge >= 0.3 is 0 Å². The SMILES string of the molecule is Cc1sc2ncnc(N3CCC(O)C(C)C3)c2c1C. The van der Waals surface area contributed by atoms with E-state index in [4.69, 9.17) is 0 Å². The third-order valence-electron chi connectivity index (χ3n) is 4.10. The van der Waals surface area contributed by atoms with Gasteiger partial charge < -0.3 is 10.0 Å². The van der Waals surface area contributed by atoms with Crippen LogP contribution in [-0.2, 0) is 0 Å². The van der Waals surface area contributed by atoms with Crippen molar-refractivity contribution in [2.45, 2.75) is 33.3 Å². The van der Waals surface area contributed by atoms with E-state index >= 15 is 0 Å². The van der Waals surface area contributed by atoms with Crippen molar-refractivity contribution < 1.29 is 5.11 Å². The van der Waals surface area contributed by atoms with Crippen LogP contribution in [0.2, 0.25) is 0 Å². The van der Waals surface area contributed by atoms with Crippen LogP contribution in [0.1, 0.15) is 23.8 Å². The van der Waals surface area contributed by atoms with Crippen LogP contribution in [0.25, 0.3) is 10.2 Å². The molecule has 1 aliphatic rings. The first-order chi connectivity index (χ1) is 9.08. The molecule has 0 amide bonds. The van der Waals surface area contributed by atoms with Crippen LogP contribution in [0.3, 0.4) is 0 Å². The van der Waals surface area contributed by atoms with Gasteiger partial charge in [0.25, 0.3) is 0 Å². The van der Waals surface area contributed by atoms with Crippen molar-refractivity contribution in [2.75, 3.05) is 18.0 Å². The summed E-state index contributed by atoms with van der Waals surface area (Å²) in [5.74, 6) is 1.32. The van der Waals surface area contributed by atoms with E-state index in [9.17, 15) is 5.11 Å². The van der Waals surface area contributed by atoms with Crippen LogP contribution < -0.4 is 4.90 Å². The molecule has 0 bridgehead atoms. The molecular formula is C14H19N3OS. The van der Waals surface area contributed by atoms with Gasteiger partial charge in [-0.05, 0) is 31.7 Å². The van der Waals surface area contributed by atoms with E-state index in [0.717, 1.165) is 30.2 Å². The van der Waals surface area contributed by atoms with Crippen LogP contribution in [-0.4, -0.2) is 34.3 Å². The van der Waals surface area contributed by atoms with Gasteiger partial charge in [0.1, 0.15) is 17.0 Å². The standard InChI is InChI=1S/C14H19N3OS/c1-8-6-17(5-4-11(8)18)13-12-9(2)10(3)19-14(12)16-7-15-13/h7-8,11,18H,4-6H2,1-3H3. The zero-order chi connectivity index (χ0) is 13.6. The summed E-state index contributed by atoms with van der Waals surface area (Å²) >= 11 is 1.73. The van der Waals surface area contributed by atoms with E-state index in [1.807, 2.05) is 0 Å². The molecule has 3 rings (SSSR count). The highest BCUT2D eigenvalue weighted by molar-refractivity contribution is 7.18. The summed E-state index contributed by atoms with van der Waals surface area (Å²) in [6.45, 7) is 8.10. The number of aliphatic hydroxyl groups is 1. The van der Waals surface area contributed by atoms with Gasteiger partial charge in [-0.25, -0.2) is 9.97 Å². The predicted octanol–water partition coefficient (Wildman–Crippen LogP) is 2.52. The number of hydrogen-bond donors (Lipinski definition) is 1. The fourth-order valence-electron chi connectivity index (χ4n) is 2.73. The summed E-state index contributed by atoms with van der Waals surface area (Å²) in [7, 11) is 0. The van der Waals surface area contributed by atoms with E-state index in [1.165, 1.54) is 15.8 Å². The number of thiophene rings is 1. The van der Waals surface area contributed by atoms with Crippen molar-refractivity contribution in [2.24, 2.45) is 5.92 Å². The van der Waals surface area contributed by atoms with Gasteiger partial charge in [-0.2, -0.15) is 0 Å². The maximum Gasteiger partial charge on any atom is 0.141 e. The number of aromatic nitrogens is 2. The maximum atomic E-state index is 9.86. The Kier molecular flexibility index (Phi) is 3.19. The highest BCUT2D eigenvalue weighted by atomic mass is 32.1. The summed E-state index contributed by atoms with van der Waals surface area (Å²) < 4.78 is 0. The van der Waals surface area contributed by atoms with E-state index < -0.39 is 0 Å². The topological polar surface area (TPSA) is 49.2 Å². The minimum atomic E-state index is -0.182. The molecule has 102 valence electrons. The molecule has 0 aliphatic carbocycles. The number of aliphatic hydroxyl groups excluding tert-OH is 1. The van der Waals surface area contributed by atoms with Gasteiger partial charge in [0, 0.05) is 18.0 Å². The Morgan fingerprint density at radius 3 is 2.89 bits per heavy atom. The van der Waals surface area contributed by atoms with Crippen LogP contribution in [0, 0.1) is 19.8 Å². The average molecular weight is 277 g/mol. The second-order valence-electron chi connectivity index (χ2n) is 5.44. The largest absolute Gasteiger partial charge is 0.393 e. The molecule has 0 aromatic carbocycles. The highest BCUT2D eigenvalue weighted by Crippen LogP contribution is 2.35. The molecule has 0 spiro atoms. The van der Waals surface area contributed by atoms with Crippen LogP contribution in [0.15, 0.2) is 6.33 Å². The van der Waals surface area contributed by atoms with Gasteiger partial charge in [-0.15, -0.1) is 11.3 Å². The Morgan fingerprint density at radius 1 is 1.37 bits per heavy atom. The highest BCUT2D eigenvalue weighted by Gasteiger charge is 2.26. The number of nitrogens with zero attached hydrogens (tertiary/aromatic N) is 3. The molecule has 1 saturated heterocycles. The maximum absolute atomic E-state index is 9.86. The Balaban J connectivity index is 2.05. The molecule has 19 heavy (non-hydrogen) atoms. The lowest BCUT2D eigenvalue weighted by Gasteiger charge is -2.35. The van der Waals surface area contributed by atoms with Crippen molar-refractivity contribution in [3.05, 3.63) is 16.8 Å². The molecule has 1 aliphatic heterocycles. The zero-order valence-electron chi connectivity index (χ0n) is 11.6. The number of fused-ring (bicyclic) bond motifs is 1. The van der Waals surface area contributed by atoms with Gasteiger partial charge in [-0.1, -0.05) is 6.92 Å². The molecule has 4 nitrogen and oxygen atoms in total. The first-order valence-electron chi connectivity index (χ1n) is 6.71. The monoisotopic (exact) mass is 277 g/mol. The molecule has 2 aromatic rings. The van der Waals surface area contributed by atoms with E-state index in [1.54, 1.807) is 17.7 Å². The lowest BCUT2D eigenvalue weighted by molar-refractivity contribution is 0.0969. The number of anilines is 1. The zero-order valence-corrected chi connectivity index (χ0v) is 12.4. The molecule has 3 heterocycles. The van der Waals surface area contributed by atoms with E-state index in [0.29, 0.717) is 5.92 Å². The van der Waals surface area contributed by atoms with Gasteiger partial charge in [0.15, 0.2) is 0 Å². The van der Waals surface area contributed by atoms with Gasteiger partial charge in [0.05, 0.1) is 11.5 Å². The van der Waals surface area contributed by atoms with Crippen molar-refractivity contribution in [3.63, 3.8) is 0 Å². The van der Waals surface area contributed by atoms with Gasteiger partial charge in [0.2, 0.25) is 0 Å². The quantitative estimate of drug-likeness (QED) is 0.870. The molecule has 2 atom stereocenters. The predicted molar refractivity (Wildman–Crippen MR) is 78.9 cm³/mol. The molecule has 0 radical (unpaired) electrons. The number of aryl methyl sites for hydroxylation is 2. The summed E-state index contributed by atoms with van der Waals surface area (Å²) in [4.78, 5) is 13.6. The van der Waals surface area contributed by atoms with Gasteiger partial charge in [-0.3, -0.25) is 0 Å². The third kappa shape index (κ3) is 2.11. The fourth-order valence-corrected chi connectivity index (χ4v) is 3.72. The average Bonchev–Trinajstić information content (AvgIpc) is 2.69. The molecular weight excluding hydrogens is 258 g/mol. The summed E-state index contributed by atoms with van der Waals surface area (Å²) in [6.07, 6.45) is 2.29. The second-order valence-corrected chi connectivity index (χ2v) is 6.64. The van der Waals surface area contributed by atoms with Crippen molar-refractivity contribution >= 4 is 27.4 Å². The number of rotatable bonds is 1. The number of piperidine rings is 1. The fraction of sp³-hybridized carbons (Fsp3) is 0.571. The smallest absolute Gasteiger partial charge is 0.141 e. The normalized spacial score (nSPS) is 24.1. The molecule has 1 fully saturated rings. The van der Waals surface area contributed by atoms with Crippen LogP contribution >= 0.6 is 11.3 Å². The van der Waals surface area contributed by atoms with E-state index in [-0.39, 0.29) is 6.10 Å². The molecule has 1 N–H and O–H groups in total. The Hall–Kier alpha value is -1.20. The summed E-state index contributed by atoms with van der Waals surface area (Å²) in [6, 6.07) is 0. The van der Waals surface area contributed by atoms with Crippen molar-refractivity contribution in [1.29, 1.82) is 0 Å². The molecule has 0 saturated carbocycles. The van der Waals surface area contributed by atoms with Crippen molar-refractivity contribution in [3.8, 4) is 0 Å². The lowest BCUT2D eigenvalue weighted by atomic mass is 9.96. The number of hydrogen-bond acceptors (Lipinski definition) is 5.